The Balaban J connectivity index is 2.26. The molecule has 0 radical (unpaired) electrons. The first kappa shape index (κ1) is 8.66. The Bertz CT molecular complexity index is 275. The minimum Gasteiger partial charge on any atom is -0.493 e. The van der Waals surface area contributed by atoms with Gasteiger partial charge in [0.15, 0.2) is 0 Å². The third-order valence-electron chi connectivity index (χ3n) is 2.39. The molecule has 0 saturated carbocycles. The normalized spacial score (nSPS) is 27.5. The standard InChI is InChI=1S/C9H9F3O/c10-9(11,12)7-5-13-8-4-2-1-3-6(7)8/h2,4,7H,1,3,5H2. The Hall–Kier alpha value is -0.930. The van der Waals surface area contributed by atoms with E-state index in [-0.39, 0.29) is 6.61 Å². The van der Waals surface area contributed by atoms with E-state index in [9.17, 15) is 13.2 Å². The van der Waals surface area contributed by atoms with E-state index in [0.29, 0.717) is 24.2 Å². The van der Waals surface area contributed by atoms with Crippen LogP contribution in [0.1, 0.15) is 12.8 Å². The SMILES string of the molecule is FC(F)(F)C1COC2=C1CCC=C2. The van der Waals surface area contributed by atoms with Crippen molar-refractivity contribution in [3.8, 4) is 0 Å². The van der Waals surface area contributed by atoms with Gasteiger partial charge in [-0.05, 0) is 24.5 Å². The molecule has 1 nitrogen and oxygen atoms in total. The van der Waals surface area contributed by atoms with Gasteiger partial charge in [-0.3, -0.25) is 0 Å². The summed E-state index contributed by atoms with van der Waals surface area (Å²) in [7, 11) is 0. The van der Waals surface area contributed by atoms with Crippen molar-refractivity contribution in [3.63, 3.8) is 0 Å². The summed E-state index contributed by atoms with van der Waals surface area (Å²) in [4.78, 5) is 0. The van der Waals surface area contributed by atoms with Gasteiger partial charge < -0.3 is 4.74 Å². The minimum atomic E-state index is -4.15. The molecule has 0 spiro atoms. The second kappa shape index (κ2) is 2.79. The Morgan fingerprint density at radius 1 is 1.38 bits per heavy atom. The third-order valence-corrected chi connectivity index (χ3v) is 2.39. The number of rotatable bonds is 0. The molecule has 2 rings (SSSR count). The lowest BCUT2D eigenvalue weighted by Gasteiger charge is -2.16. The van der Waals surface area contributed by atoms with Gasteiger partial charge in [-0.25, -0.2) is 0 Å². The molecule has 0 amide bonds. The van der Waals surface area contributed by atoms with Crippen molar-refractivity contribution in [1.29, 1.82) is 0 Å². The number of hydrogen-bond acceptors (Lipinski definition) is 1. The van der Waals surface area contributed by atoms with Gasteiger partial charge in [0.2, 0.25) is 0 Å². The van der Waals surface area contributed by atoms with Crippen LogP contribution in [0.5, 0.6) is 0 Å². The van der Waals surface area contributed by atoms with Crippen LogP contribution in [0, 0.1) is 5.92 Å². The summed E-state index contributed by atoms with van der Waals surface area (Å²) in [5, 5.41) is 0. The zero-order chi connectivity index (χ0) is 9.47. The molecule has 0 fully saturated rings. The number of hydrogen-bond donors (Lipinski definition) is 0. The van der Waals surface area contributed by atoms with E-state index >= 15 is 0 Å². The second-order valence-electron chi connectivity index (χ2n) is 3.24. The molecule has 72 valence electrons. The monoisotopic (exact) mass is 190 g/mol. The van der Waals surface area contributed by atoms with Crippen LogP contribution in [0.2, 0.25) is 0 Å². The molecule has 2 aliphatic rings. The van der Waals surface area contributed by atoms with E-state index in [1.807, 2.05) is 6.08 Å². The van der Waals surface area contributed by atoms with Gasteiger partial charge in [-0.2, -0.15) is 13.2 Å². The van der Waals surface area contributed by atoms with Gasteiger partial charge in [0.25, 0.3) is 0 Å². The average Bonchev–Trinajstić information content (AvgIpc) is 2.45. The first-order chi connectivity index (χ1) is 6.09. The largest absolute Gasteiger partial charge is 0.493 e. The maximum Gasteiger partial charge on any atom is 0.398 e. The Labute approximate surface area is 73.9 Å². The van der Waals surface area contributed by atoms with E-state index in [4.69, 9.17) is 4.74 Å². The predicted octanol–water partition coefficient (Wildman–Crippen LogP) is 2.80. The van der Waals surface area contributed by atoms with Crippen LogP contribution in [0.4, 0.5) is 13.2 Å². The fourth-order valence-corrected chi connectivity index (χ4v) is 1.71. The third kappa shape index (κ3) is 1.45. The molecule has 1 atom stereocenters. The minimum absolute atomic E-state index is 0.238. The van der Waals surface area contributed by atoms with Crippen LogP contribution in [0.3, 0.4) is 0 Å². The molecule has 0 aromatic rings. The number of ether oxygens (including phenoxy) is 1. The summed E-state index contributed by atoms with van der Waals surface area (Å²) in [5.74, 6) is -0.930. The highest BCUT2D eigenvalue weighted by Crippen LogP contribution is 2.42. The fourth-order valence-electron chi connectivity index (χ4n) is 1.71. The summed E-state index contributed by atoms with van der Waals surface area (Å²) in [5.41, 5.74) is 0.426. The molecule has 1 aliphatic carbocycles. The van der Waals surface area contributed by atoms with Crippen LogP contribution < -0.4 is 0 Å². The number of halogens is 3. The van der Waals surface area contributed by atoms with Crippen molar-refractivity contribution in [3.05, 3.63) is 23.5 Å². The number of alkyl halides is 3. The zero-order valence-corrected chi connectivity index (χ0v) is 6.90. The van der Waals surface area contributed by atoms with Crippen molar-refractivity contribution in [2.45, 2.75) is 19.0 Å². The van der Waals surface area contributed by atoms with E-state index in [1.54, 1.807) is 6.08 Å². The molecule has 1 unspecified atom stereocenters. The first-order valence-corrected chi connectivity index (χ1v) is 4.18. The maximum atomic E-state index is 12.4. The molecule has 0 aromatic heterocycles. The lowest BCUT2D eigenvalue weighted by molar-refractivity contribution is -0.168. The van der Waals surface area contributed by atoms with Crippen molar-refractivity contribution >= 4 is 0 Å². The van der Waals surface area contributed by atoms with Gasteiger partial charge in [-0.1, -0.05) is 6.08 Å². The summed E-state index contributed by atoms with van der Waals surface area (Å²) < 4.78 is 42.1. The molecule has 13 heavy (non-hydrogen) atoms. The van der Waals surface area contributed by atoms with Crippen molar-refractivity contribution in [1.82, 2.24) is 0 Å². The Morgan fingerprint density at radius 3 is 2.85 bits per heavy atom. The van der Waals surface area contributed by atoms with E-state index in [1.165, 1.54) is 0 Å². The van der Waals surface area contributed by atoms with Crippen LogP contribution in [-0.4, -0.2) is 12.8 Å². The fraction of sp³-hybridized carbons (Fsp3) is 0.556. The van der Waals surface area contributed by atoms with Gasteiger partial charge in [0, 0.05) is 0 Å². The molecule has 4 heteroatoms. The van der Waals surface area contributed by atoms with E-state index in [0.717, 1.165) is 0 Å². The highest BCUT2D eigenvalue weighted by molar-refractivity contribution is 5.30. The van der Waals surface area contributed by atoms with Gasteiger partial charge in [-0.15, -0.1) is 0 Å². The molecule has 0 aromatic carbocycles. The molecule has 0 saturated heterocycles. The smallest absolute Gasteiger partial charge is 0.398 e. The topological polar surface area (TPSA) is 9.23 Å². The van der Waals surface area contributed by atoms with E-state index < -0.39 is 12.1 Å². The van der Waals surface area contributed by atoms with Crippen molar-refractivity contribution in [2.75, 3.05) is 6.61 Å². The van der Waals surface area contributed by atoms with Crippen molar-refractivity contribution < 1.29 is 17.9 Å². The van der Waals surface area contributed by atoms with Crippen LogP contribution in [0.15, 0.2) is 23.5 Å². The lowest BCUT2D eigenvalue weighted by Crippen LogP contribution is -2.25. The summed E-state index contributed by atoms with van der Waals surface area (Å²) in [6.07, 6.45) is 0.509. The maximum absolute atomic E-state index is 12.4. The molecular formula is C9H9F3O. The van der Waals surface area contributed by atoms with Crippen LogP contribution in [0.25, 0.3) is 0 Å². The highest BCUT2D eigenvalue weighted by atomic mass is 19.4. The highest BCUT2D eigenvalue weighted by Gasteiger charge is 2.46. The molecule has 1 heterocycles. The molecular weight excluding hydrogens is 181 g/mol. The molecule has 0 N–H and O–H groups in total. The Kier molecular flexibility index (Phi) is 1.86. The second-order valence-corrected chi connectivity index (χ2v) is 3.24. The summed E-state index contributed by atoms with van der Waals surface area (Å²) in [6.45, 7) is -0.238. The summed E-state index contributed by atoms with van der Waals surface area (Å²) >= 11 is 0. The molecule has 1 aliphatic heterocycles. The molecule has 0 bridgehead atoms. The number of allylic oxidation sites excluding steroid dienone is 2. The van der Waals surface area contributed by atoms with Gasteiger partial charge in [0.05, 0.1) is 0 Å². The van der Waals surface area contributed by atoms with Crippen LogP contribution >= 0.6 is 0 Å². The summed E-state index contributed by atoms with van der Waals surface area (Å²) in [6, 6.07) is 0. The predicted molar refractivity (Wildman–Crippen MR) is 40.9 cm³/mol. The quantitative estimate of drug-likeness (QED) is 0.570. The van der Waals surface area contributed by atoms with Crippen LogP contribution in [-0.2, 0) is 4.74 Å². The first-order valence-electron chi connectivity index (χ1n) is 4.18. The van der Waals surface area contributed by atoms with Crippen molar-refractivity contribution in [2.24, 2.45) is 5.92 Å². The Morgan fingerprint density at radius 2 is 2.15 bits per heavy atom. The lowest BCUT2D eigenvalue weighted by atomic mass is 9.93. The van der Waals surface area contributed by atoms with E-state index in [2.05, 4.69) is 0 Å². The zero-order valence-electron chi connectivity index (χ0n) is 6.90. The van der Waals surface area contributed by atoms with Gasteiger partial charge in [0.1, 0.15) is 18.3 Å². The van der Waals surface area contributed by atoms with Gasteiger partial charge >= 0.3 is 6.18 Å². The average molecular weight is 190 g/mol.